The molecular weight excluding hydrogens is 230 g/mol. The van der Waals surface area contributed by atoms with Crippen LogP contribution in [-0.4, -0.2) is 23.1 Å². The van der Waals surface area contributed by atoms with Crippen LogP contribution >= 0.6 is 12.2 Å². The molecule has 4 heteroatoms. The number of nitrogens with zero attached hydrogens (tertiary/aromatic N) is 2. The van der Waals surface area contributed by atoms with Crippen LogP contribution in [0, 0.1) is 4.64 Å². The summed E-state index contributed by atoms with van der Waals surface area (Å²) in [7, 11) is 0. The molecule has 1 aliphatic heterocycles. The minimum atomic E-state index is 0.713. The number of nitrogens with one attached hydrogen (secondary N) is 1. The van der Waals surface area contributed by atoms with E-state index < -0.39 is 0 Å². The minimum Gasteiger partial charge on any atom is -0.342 e. The Bertz CT molecular complexity index is 442. The van der Waals surface area contributed by atoms with Gasteiger partial charge >= 0.3 is 0 Å². The van der Waals surface area contributed by atoms with E-state index in [1.807, 2.05) is 6.07 Å². The van der Waals surface area contributed by atoms with Crippen molar-refractivity contribution in [1.82, 2.24) is 9.97 Å². The van der Waals surface area contributed by atoms with E-state index in [4.69, 9.17) is 12.2 Å². The summed E-state index contributed by atoms with van der Waals surface area (Å²) in [5.41, 5.74) is 1.30. The highest BCUT2D eigenvalue weighted by Gasteiger charge is 2.25. The molecule has 0 radical (unpaired) electrons. The molecule has 0 unspecified atom stereocenters. The quantitative estimate of drug-likeness (QED) is 0.815. The average molecular weight is 249 g/mol. The first-order valence-electron chi connectivity index (χ1n) is 6.69. The Morgan fingerprint density at radius 3 is 2.53 bits per heavy atom. The van der Waals surface area contributed by atoms with E-state index in [2.05, 4.69) is 14.9 Å². The Morgan fingerprint density at radius 1 is 1.18 bits per heavy atom. The van der Waals surface area contributed by atoms with Gasteiger partial charge in [0.15, 0.2) is 0 Å². The van der Waals surface area contributed by atoms with Crippen LogP contribution < -0.4 is 4.90 Å². The fourth-order valence-corrected chi connectivity index (χ4v) is 2.72. The molecule has 3 rings (SSSR count). The fourth-order valence-electron chi connectivity index (χ4n) is 2.51. The topological polar surface area (TPSA) is 31.9 Å². The van der Waals surface area contributed by atoms with Gasteiger partial charge < -0.3 is 9.88 Å². The maximum Gasteiger partial charge on any atom is 0.204 e. The van der Waals surface area contributed by atoms with Gasteiger partial charge in [-0.1, -0.05) is 25.1 Å². The molecular formula is C13H19N3S. The third kappa shape index (κ3) is 2.68. The number of rotatable bonds is 2. The maximum absolute atomic E-state index is 5.28. The summed E-state index contributed by atoms with van der Waals surface area (Å²) in [6.07, 6.45) is 7.84. The Morgan fingerprint density at radius 2 is 1.88 bits per heavy atom. The van der Waals surface area contributed by atoms with Gasteiger partial charge in [-0.25, -0.2) is 4.98 Å². The van der Waals surface area contributed by atoms with Crippen molar-refractivity contribution in [3.8, 4) is 0 Å². The molecule has 1 aromatic rings. The number of hydrogen-bond donors (Lipinski definition) is 1. The molecule has 2 heterocycles. The van der Waals surface area contributed by atoms with Crippen LogP contribution in [0.3, 0.4) is 0 Å². The van der Waals surface area contributed by atoms with Gasteiger partial charge in [0, 0.05) is 18.8 Å². The standard InChI is InChI=1S/C13H19N3S/c17-12-9-11(10-5-6-10)14-13(15-12)16-7-3-1-2-4-8-16/h9-10H,1-8H2,(H,14,15,17). The lowest BCUT2D eigenvalue weighted by molar-refractivity contribution is 0.726. The average Bonchev–Trinajstić information content (AvgIpc) is 3.16. The second kappa shape index (κ2) is 4.77. The molecule has 0 aromatic carbocycles. The van der Waals surface area contributed by atoms with Crippen LogP contribution in [0.15, 0.2) is 6.07 Å². The van der Waals surface area contributed by atoms with Crippen LogP contribution in [0.25, 0.3) is 0 Å². The molecule has 1 saturated heterocycles. The van der Waals surface area contributed by atoms with Crippen LogP contribution in [0.2, 0.25) is 0 Å². The predicted octanol–water partition coefficient (Wildman–Crippen LogP) is 3.40. The molecule has 0 bridgehead atoms. The molecule has 17 heavy (non-hydrogen) atoms. The summed E-state index contributed by atoms with van der Waals surface area (Å²) in [5.74, 6) is 1.71. The van der Waals surface area contributed by atoms with Crippen molar-refractivity contribution >= 4 is 18.2 Å². The SMILES string of the molecule is S=c1cc(C2CC2)[nH]c(N2CCCCCC2)n1. The van der Waals surface area contributed by atoms with E-state index in [0.29, 0.717) is 5.92 Å². The number of aromatic amines is 1. The van der Waals surface area contributed by atoms with Crippen molar-refractivity contribution in [3.05, 3.63) is 16.4 Å². The number of aromatic nitrogens is 2. The second-order valence-corrected chi connectivity index (χ2v) is 5.59. The predicted molar refractivity (Wildman–Crippen MR) is 72.1 cm³/mol. The molecule has 0 spiro atoms. The van der Waals surface area contributed by atoms with Crippen molar-refractivity contribution in [1.29, 1.82) is 0 Å². The zero-order chi connectivity index (χ0) is 11.7. The Balaban J connectivity index is 1.87. The Kier molecular flexibility index (Phi) is 3.14. The Labute approximate surface area is 107 Å². The highest BCUT2D eigenvalue weighted by Crippen LogP contribution is 2.39. The lowest BCUT2D eigenvalue weighted by Gasteiger charge is -2.21. The van der Waals surface area contributed by atoms with Gasteiger partial charge in [-0.15, -0.1) is 0 Å². The van der Waals surface area contributed by atoms with E-state index >= 15 is 0 Å². The first kappa shape index (κ1) is 11.2. The van der Waals surface area contributed by atoms with Gasteiger partial charge in [0.2, 0.25) is 5.95 Å². The summed E-state index contributed by atoms with van der Waals surface area (Å²) in [6, 6.07) is 2.04. The number of hydrogen-bond acceptors (Lipinski definition) is 3. The molecule has 0 amide bonds. The fraction of sp³-hybridized carbons (Fsp3) is 0.692. The van der Waals surface area contributed by atoms with E-state index in [0.717, 1.165) is 23.7 Å². The van der Waals surface area contributed by atoms with E-state index in [1.165, 1.54) is 44.2 Å². The molecule has 92 valence electrons. The smallest absolute Gasteiger partial charge is 0.204 e. The third-order valence-corrected chi connectivity index (χ3v) is 3.88. The van der Waals surface area contributed by atoms with E-state index in [1.54, 1.807) is 0 Å². The van der Waals surface area contributed by atoms with Crippen molar-refractivity contribution in [2.24, 2.45) is 0 Å². The Hall–Kier alpha value is -0.900. The lowest BCUT2D eigenvalue weighted by Crippen LogP contribution is -2.26. The monoisotopic (exact) mass is 249 g/mol. The molecule has 3 nitrogen and oxygen atoms in total. The molecule has 0 atom stereocenters. The zero-order valence-corrected chi connectivity index (χ0v) is 10.9. The van der Waals surface area contributed by atoms with Gasteiger partial charge in [-0.2, -0.15) is 0 Å². The largest absolute Gasteiger partial charge is 0.342 e. The van der Waals surface area contributed by atoms with Gasteiger partial charge in [0.05, 0.1) is 0 Å². The van der Waals surface area contributed by atoms with Crippen LogP contribution in [0.1, 0.15) is 50.1 Å². The van der Waals surface area contributed by atoms with Crippen LogP contribution in [-0.2, 0) is 0 Å². The molecule has 1 aromatic heterocycles. The zero-order valence-electron chi connectivity index (χ0n) is 10.1. The number of H-pyrrole nitrogens is 1. The van der Waals surface area contributed by atoms with Crippen molar-refractivity contribution in [3.63, 3.8) is 0 Å². The molecule has 2 aliphatic rings. The number of anilines is 1. The van der Waals surface area contributed by atoms with Crippen LogP contribution in [0.4, 0.5) is 5.95 Å². The molecule has 2 fully saturated rings. The minimum absolute atomic E-state index is 0.713. The van der Waals surface area contributed by atoms with Crippen molar-refractivity contribution in [2.45, 2.75) is 44.4 Å². The summed E-state index contributed by atoms with van der Waals surface area (Å²) in [5, 5.41) is 0. The molecule has 1 saturated carbocycles. The van der Waals surface area contributed by atoms with E-state index in [-0.39, 0.29) is 0 Å². The summed E-state index contributed by atoms with van der Waals surface area (Å²) in [4.78, 5) is 10.4. The van der Waals surface area contributed by atoms with Gasteiger partial charge in [0.25, 0.3) is 0 Å². The first-order valence-corrected chi connectivity index (χ1v) is 7.10. The second-order valence-electron chi connectivity index (χ2n) is 5.17. The summed E-state index contributed by atoms with van der Waals surface area (Å²) >= 11 is 5.28. The highest BCUT2D eigenvalue weighted by molar-refractivity contribution is 7.71. The maximum atomic E-state index is 5.28. The van der Waals surface area contributed by atoms with Crippen molar-refractivity contribution in [2.75, 3.05) is 18.0 Å². The van der Waals surface area contributed by atoms with Gasteiger partial charge in [0.1, 0.15) is 4.64 Å². The molecule has 1 N–H and O–H groups in total. The van der Waals surface area contributed by atoms with Gasteiger partial charge in [-0.3, -0.25) is 0 Å². The van der Waals surface area contributed by atoms with E-state index in [9.17, 15) is 0 Å². The lowest BCUT2D eigenvalue weighted by atomic mass is 10.2. The highest BCUT2D eigenvalue weighted by atomic mass is 32.1. The third-order valence-electron chi connectivity index (χ3n) is 3.67. The first-order chi connectivity index (χ1) is 8.33. The summed E-state index contributed by atoms with van der Waals surface area (Å²) in [6.45, 7) is 2.23. The molecule has 1 aliphatic carbocycles. The van der Waals surface area contributed by atoms with Crippen LogP contribution in [0.5, 0.6) is 0 Å². The normalized spacial score (nSPS) is 21.3. The summed E-state index contributed by atoms with van der Waals surface area (Å²) < 4.78 is 0.741. The van der Waals surface area contributed by atoms with Crippen molar-refractivity contribution < 1.29 is 0 Å². The van der Waals surface area contributed by atoms with Gasteiger partial charge in [-0.05, 0) is 37.7 Å².